The number of carbonyl (C=O) groups is 1. The molecule has 7 heteroatoms. The van der Waals surface area contributed by atoms with Gasteiger partial charge in [0.1, 0.15) is 4.83 Å². The van der Waals surface area contributed by atoms with E-state index in [0.29, 0.717) is 28.5 Å². The maximum atomic E-state index is 13.3. The summed E-state index contributed by atoms with van der Waals surface area (Å²) in [7, 11) is 0. The van der Waals surface area contributed by atoms with Crippen LogP contribution in [0.4, 0.5) is 0 Å². The van der Waals surface area contributed by atoms with E-state index in [4.69, 9.17) is 4.98 Å². The molecule has 0 radical (unpaired) electrons. The number of carbonyl (C=O) groups excluding carboxylic acids is 1. The standard InChI is InChI=1S/C24H21N3O2S2/c1-2-13-27-23(29)21-19(18-11-7-4-8-12-18)15-30-22(21)26-24(27)31-16-20(28)25-14-17-9-5-3-6-10-17/h2-12,15H,1,13-14,16H2,(H,25,28). The second kappa shape index (κ2) is 9.76. The average molecular weight is 448 g/mol. The number of allylic oxidation sites excluding steroid dienone is 1. The first-order chi connectivity index (χ1) is 15.2. The fraction of sp³-hybridized carbons (Fsp3) is 0.125. The molecule has 0 unspecified atom stereocenters. The van der Waals surface area contributed by atoms with Crippen LogP contribution in [-0.4, -0.2) is 21.2 Å². The van der Waals surface area contributed by atoms with Gasteiger partial charge < -0.3 is 5.32 Å². The van der Waals surface area contributed by atoms with Crippen LogP contribution >= 0.6 is 23.1 Å². The predicted molar refractivity (Wildman–Crippen MR) is 129 cm³/mol. The molecule has 0 saturated carbocycles. The lowest BCUT2D eigenvalue weighted by Gasteiger charge is -2.11. The molecule has 0 atom stereocenters. The molecule has 4 aromatic rings. The number of amides is 1. The van der Waals surface area contributed by atoms with Crippen LogP contribution in [0.15, 0.2) is 88.6 Å². The van der Waals surface area contributed by atoms with E-state index in [1.165, 1.54) is 23.1 Å². The molecule has 0 aliphatic heterocycles. The highest BCUT2D eigenvalue weighted by Crippen LogP contribution is 2.32. The van der Waals surface area contributed by atoms with Crippen molar-refractivity contribution in [1.82, 2.24) is 14.9 Å². The quantitative estimate of drug-likeness (QED) is 0.241. The second-order valence-corrected chi connectivity index (χ2v) is 8.65. The predicted octanol–water partition coefficient (Wildman–Crippen LogP) is 4.72. The third-order valence-corrected chi connectivity index (χ3v) is 6.57. The Balaban J connectivity index is 1.57. The van der Waals surface area contributed by atoms with Gasteiger partial charge in [0.15, 0.2) is 5.16 Å². The fourth-order valence-electron chi connectivity index (χ4n) is 3.21. The molecule has 0 aliphatic carbocycles. The number of hydrogen-bond donors (Lipinski definition) is 1. The van der Waals surface area contributed by atoms with E-state index in [-0.39, 0.29) is 17.2 Å². The molecule has 2 aromatic carbocycles. The van der Waals surface area contributed by atoms with Crippen molar-refractivity contribution in [3.05, 3.63) is 94.6 Å². The summed E-state index contributed by atoms with van der Waals surface area (Å²) < 4.78 is 1.59. The Kier molecular flexibility index (Phi) is 6.64. The molecule has 1 amide bonds. The molecule has 31 heavy (non-hydrogen) atoms. The van der Waals surface area contributed by atoms with Crippen LogP contribution in [0.25, 0.3) is 21.3 Å². The molecule has 2 aromatic heterocycles. The molecule has 0 fully saturated rings. The van der Waals surface area contributed by atoms with E-state index in [1.807, 2.05) is 66.0 Å². The largest absolute Gasteiger partial charge is 0.351 e. The Morgan fingerprint density at radius 1 is 1.13 bits per heavy atom. The van der Waals surface area contributed by atoms with E-state index in [1.54, 1.807) is 10.6 Å². The first-order valence-electron chi connectivity index (χ1n) is 9.79. The van der Waals surface area contributed by atoms with Crippen molar-refractivity contribution in [2.75, 3.05) is 5.75 Å². The van der Waals surface area contributed by atoms with E-state index in [0.717, 1.165) is 16.7 Å². The van der Waals surface area contributed by atoms with Crippen molar-refractivity contribution in [2.45, 2.75) is 18.2 Å². The minimum Gasteiger partial charge on any atom is -0.351 e. The monoisotopic (exact) mass is 447 g/mol. The van der Waals surface area contributed by atoms with Crippen LogP contribution in [0.2, 0.25) is 0 Å². The third-order valence-electron chi connectivity index (χ3n) is 4.72. The van der Waals surface area contributed by atoms with Gasteiger partial charge in [0, 0.05) is 24.0 Å². The Morgan fingerprint density at radius 2 is 1.84 bits per heavy atom. The summed E-state index contributed by atoms with van der Waals surface area (Å²) in [5.74, 6) is 0.0725. The molecule has 0 spiro atoms. The Bertz CT molecular complexity index is 1260. The van der Waals surface area contributed by atoms with Gasteiger partial charge in [-0.2, -0.15) is 0 Å². The van der Waals surface area contributed by atoms with Crippen molar-refractivity contribution in [1.29, 1.82) is 0 Å². The van der Waals surface area contributed by atoms with Crippen LogP contribution in [0.5, 0.6) is 0 Å². The number of nitrogens with one attached hydrogen (secondary N) is 1. The van der Waals surface area contributed by atoms with Gasteiger partial charge in [-0.1, -0.05) is 78.5 Å². The van der Waals surface area contributed by atoms with Gasteiger partial charge in [-0.15, -0.1) is 17.9 Å². The smallest absolute Gasteiger partial charge is 0.263 e. The van der Waals surface area contributed by atoms with E-state index in [9.17, 15) is 9.59 Å². The lowest BCUT2D eigenvalue weighted by molar-refractivity contribution is -0.118. The lowest BCUT2D eigenvalue weighted by Crippen LogP contribution is -2.26. The van der Waals surface area contributed by atoms with Crippen molar-refractivity contribution < 1.29 is 4.79 Å². The minimum atomic E-state index is -0.114. The first-order valence-corrected chi connectivity index (χ1v) is 11.7. The summed E-state index contributed by atoms with van der Waals surface area (Å²) in [5.41, 5.74) is 2.79. The molecule has 0 bridgehead atoms. The summed E-state index contributed by atoms with van der Waals surface area (Å²) in [6.45, 7) is 4.57. The zero-order valence-corrected chi connectivity index (χ0v) is 18.4. The lowest BCUT2D eigenvalue weighted by atomic mass is 10.1. The number of thioether (sulfide) groups is 1. The second-order valence-electron chi connectivity index (χ2n) is 6.85. The maximum absolute atomic E-state index is 13.3. The summed E-state index contributed by atoms with van der Waals surface area (Å²) in [5, 5.41) is 6.00. The zero-order chi connectivity index (χ0) is 21.6. The normalized spacial score (nSPS) is 10.8. The molecule has 4 rings (SSSR count). The van der Waals surface area contributed by atoms with Gasteiger partial charge in [0.05, 0.1) is 11.1 Å². The number of hydrogen-bond acceptors (Lipinski definition) is 5. The number of nitrogens with zero attached hydrogens (tertiary/aromatic N) is 2. The van der Waals surface area contributed by atoms with Crippen LogP contribution in [0.3, 0.4) is 0 Å². The van der Waals surface area contributed by atoms with Crippen LogP contribution in [0, 0.1) is 0 Å². The SMILES string of the molecule is C=CCn1c(SCC(=O)NCc2ccccc2)nc2scc(-c3ccccc3)c2c1=O. The van der Waals surface area contributed by atoms with Crippen molar-refractivity contribution in [3.8, 4) is 11.1 Å². The van der Waals surface area contributed by atoms with Crippen LogP contribution < -0.4 is 10.9 Å². The van der Waals surface area contributed by atoms with Crippen LogP contribution in [-0.2, 0) is 17.9 Å². The topological polar surface area (TPSA) is 64.0 Å². The van der Waals surface area contributed by atoms with Gasteiger partial charge in [0.2, 0.25) is 5.91 Å². The summed E-state index contributed by atoms with van der Waals surface area (Å²) in [6, 6.07) is 19.6. The highest BCUT2D eigenvalue weighted by molar-refractivity contribution is 7.99. The zero-order valence-electron chi connectivity index (χ0n) is 16.8. The molecule has 5 nitrogen and oxygen atoms in total. The van der Waals surface area contributed by atoms with Crippen molar-refractivity contribution >= 4 is 39.2 Å². The number of thiophene rings is 1. The van der Waals surface area contributed by atoms with Gasteiger partial charge in [-0.3, -0.25) is 14.2 Å². The number of benzene rings is 2. The Morgan fingerprint density at radius 3 is 2.55 bits per heavy atom. The van der Waals surface area contributed by atoms with E-state index < -0.39 is 0 Å². The molecular formula is C24H21N3O2S2. The number of aromatic nitrogens is 2. The molecular weight excluding hydrogens is 426 g/mol. The Labute approximate surface area is 188 Å². The van der Waals surface area contributed by atoms with Crippen molar-refractivity contribution in [2.24, 2.45) is 0 Å². The third kappa shape index (κ3) is 4.78. The van der Waals surface area contributed by atoms with Gasteiger partial charge >= 0.3 is 0 Å². The van der Waals surface area contributed by atoms with Gasteiger partial charge in [0.25, 0.3) is 5.56 Å². The van der Waals surface area contributed by atoms with Crippen LogP contribution in [0.1, 0.15) is 5.56 Å². The molecule has 0 saturated heterocycles. The molecule has 0 aliphatic rings. The average Bonchev–Trinajstić information content (AvgIpc) is 3.24. The Hall–Kier alpha value is -3.16. The number of rotatable bonds is 8. The van der Waals surface area contributed by atoms with Crippen molar-refractivity contribution in [3.63, 3.8) is 0 Å². The number of fused-ring (bicyclic) bond motifs is 1. The van der Waals surface area contributed by atoms with Gasteiger partial charge in [-0.05, 0) is 11.1 Å². The summed E-state index contributed by atoms with van der Waals surface area (Å²) in [4.78, 5) is 31.0. The summed E-state index contributed by atoms with van der Waals surface area (Å²) in [6.07, 6.45) is 1.67. The van der Waals surface area contributed by atoms with Gasteiger partial charge in [-0.25, -0.2) is 4.98 Å². The summed E-state index contributed by atoms with van der Waals surface area (Å²) >= 11 is 2.70. The first kappa shape index (κ1) is 21.1. The van der Waals surface area contributed by atoms with E-state index >= 15 is 0 Å². The molecule has 156 valence electrons. The minimum absolute atomic E-state index is 0.107. The highest BCUT2D eigenvalue weighted by Gasteiger charge is 2.17. The molecule has 1 N–H and O–H groups in total. The fourth-order valence-corrected chi connectivity index (χ4v) is 5.04. The maximum Gasteiger partial charge on any atom is 0.263 e. The van der Waals surface area contributed by atoms with E-state index in [2.05, 4.69) is 11.9 Å². The highest BCUT2D eigenvalue weighted by atomic mass is 32.2. The molecule has 2 heterocycles.